The van der Waals surface area contributed by atoms with Crippen molar-refractivity contribution in [3.05, 3.63) is 23.7 Å². The lowest BCUT2D eigenvalue weighted by atomic mass is 9.87. The monoisotopic (exact) mass is 413 g/mol. The quantitative estimate of drug-likeness (QED) is 0.728. The molecule has 1 saturated carbocycles. The summed E-state index contributed by atoms with van der Waals surface area (Å²) < 4.78 is 1.17. The van der Waals surface area contributed by atoms with Gasteiger partial charge < -0.3 is 15.1 Å². The molecular weight excluding hydrogens is 390 g/mol. The lowest BCUT2D eigenvalue weighted by Gasteiger charge is -2.36. The van der Waals surface area contributed by atoms with Crippen LogP contribution in [0.25, 0.3) is 10.2 Å². The smallest absolute Gasteiger partial charge is 0.322 e. The van der Waals surface area contributed by atoms with E-state index in [-0.39, 0.29) is 24.2 Å². The summed E-state index contributed by atoms with van der Waals surface area (Å²) in [4.78, 5) is 45.2. The maximum atomic E-state index is 12.8. The summed E-state index contributed by atoms with van der Waals surface area (Å²) in [5.41, 5.74) is 3.14. The summed E-state index contributed by atoms with van der Waals surface area (Å²) >= 11 is 1.63. The van der Waals surface area contributed by atoms with Crippen molar-refractivity contribution in [2.45, 2.75) is 31.2 Å². The zero-order chi connectivity index (χ0) is 20.0. The van der Waals surface area contributed by atoms with Crippen molar-refractivity contribution in [3.8, 4) is 0 Å². The van der Waals surface area contributed by atoms with Crippen LogP contribution in [-0.2, 0) is 9.59 Å². The predicted molar refractivity (Wildman–Crippen MR) is 110 cm³/mol. The van der Waals surface area contributed by atoms with Gasteiger partial charge in [-0.2, -0.15) is 0 Å². The number of carbonyl (C=O) groups excluding carboxylic acids is 3. The highest BCUT2D eigenvalue weighted by atomic mass is 32.1. The van der Waals surface area contributed by atoms with Gasteiger partial charge in [-0.1, -0.05) is 0 Å². The number of urea groups is 1. The van der Waals surface area contributed by atoms with Crippen LogP contribution in [-0.4, -0.2) is 59.4 Å². The summed E-state index contributed by atoms with van der Waals surface area (Å²) in [6.45, 7) is 2.88. The molecule has 1 aromatic heterocycles. The van der Waals surface area contributed by atoms with Gasteiger partial charge in [-0.15, -0.1) is 11.3 Å². The van der Waals surface area contributed by atoms with Gasteiger partial charge in [0.2, 0.25) is 5.91 Å². The Morgan fingerprint density at radius 2 is 2.00 bits per heavy atom. The topological polar surface area (TPSA) is 94.6 Å². The number of hydrogen-bond acceptors (Lipinski definition) is 6. The Labute approximate surface area is 172 Å². The van der Waals surface area contributed by atoms with E-state index in [0.717, 1.165) is 37.1 Å². The Balaban J connectivity index is 1.18. The molecule has 0 radical (unpaired) electrons. The molecule has 2 N–H and O–H groups in total. The number of hydrogen-bond donors (Lipinski definition) is 2. The second kappa shape index (κ2) is 6.98. The predicted octanol–water partition coefficient (Wildman–Crippen LogP) is 1.71. The first-order valence-electron chi connectivity index (χ1n) is 10.0. The van der Waals surface area contributed by atoms with Crippen LogP contribution in [0.2, 0.25) is 0 Å². The Kier molecular flexibility index (Phi) is 4.42. The molecule has 1 aromatic carbocycles. The van der Waals surface area contributed by atoms with Crippen molar-refractivity contribution in [2.75, 3.05) is 31.1 Å². The minimum atomic E-state index is -0.890. The maximum absolute atomic E-state index is 12.8. The summed E-state index contributed by atoms with van der Waals surface area (Å²) in [6, 6.07) is 5.84. The van der Waals surface area contributed by atoms with Crippen molar-refractivity contribution < 1.29 is 14.4 Å². The number of nitrogens with one attached hydrogen (secondary N) is 2. The van der Waals surface area contributed by atoms with E-state index in [9.17, 15) is 14.4 Å². The number of benzene rings is 1. The van der Waals surface area contributed by atoms with E-state index in [2.05, 4.69) is 32.7 Å². The number of thiazole rings is 1. The molecule has 3 heterocycles. The molecule has 1 unspecified atom stereocenters. The fourth-order valence-electron chi connectivity index (χ4n) is 4.47. The molecule has 9 heteroatoms. The highest BCUT2D eigenvalue weighted by Gasteiger charge is 2.55. The van der Waals surface area contributed by atoms with Gasteiger partial charge >= 0.3 is 6.03 Å². The average Bonchev–Trinajstić information content (AvgIpc) is 3.40. The average molecular weight is 414 g/mol. The first-order chi connectivity index (χ1) is 14.0. The van der Waals surface area contributed by atoms with Gasteiger partial charge in [-0.25, -0.2) is 9.78 Å². The van der Waals surface area contributed by atoms with Gasteiger partial charge in [-0.3, -0.25) is 14.9 Å². The molecule has 8 nitrogen and oxygen atoms in total. The molecule has 2 aliphatic heterocycles. The van der Waals surface area contributed by atoms with Crippen LogP contribution >= 0.6 is 11.3 Å². The number of rotatable bonds is 5. The molecule has 0 bridgehead atoms. The molecule has 152 valence electrons. The van der Waals surface area contributed by atoms with Crippen LogP contribution in [0.4, 0.5) is 10.5 Å². The number of amides is 4. The van der Waals surface area contributed by atoms with Gasteiger partial charge in [-0.05, 0) is 43.4 Å². The van der Waals surface area contributed by atoms with Gasteiger partial charge in [0.15, 0.2) is 0 Å². The molecule has 2 aromatic rings. The van der Waals surface area contributed by atoms with Crippen molar-refractivity contribution in [3.63, 3.8) is 0 Å². The zero-order valence-electron chi connectivity index (χ0n) is 16.0. The summed E-state index contributed by atoms with van der Waals surface area (Å²) in [6.07, 6.45) is 2.49. The normalized spacial score (nSPS) is 24.7. The van der Waals surface area contributed by atoms with Gasteiger partial charge in [0.05, 0.1) is 15.7 Å². The van der Waals surface area contributed by atoms with Gasteiger partial charge in [0.25, 0.3) is 5.91 Å². The molecule has 1 aliphatic carbocycles. The van der Waals surface area contributed by atoms with E-state index in [4.69, 9.17) is 0 Å². The largest absolute Gasteiger partial charge is 0.368 e. The maximum Gasteiger partial charge on any atom is 0.322 e. The van der Waals surface area contributed by atoms with Crippen molar-refractivity contribution in [1.82, 2.24) is 20.5 Å². The number of fused-ring (bicyclic) bond motifs is 1. The van der Waals surface area contributed by atoms with E-state index in [1.165, 1.54) is 4.70 Å². The molecule has 3 aliphatic rings. The van der Waals surface area contributed by atoms with Gasteiger partial charge in [0, 0.05) is 38.3 Å². The first-order valence-corrected chi connectivity index (χ1v) is 10.9. The Bertz CT molecular complexity index is 979. The molecule has 0 spiro atoms. The molecule has 1 atom stereocenters. The number of aromatic nitrogens is 1. The molecule has 29 heavy (non-hydrogen) atoms. The fourth-order valence-corrected chi connectivity index (χ4v) is 5.18. The van der Waals surface area contributed by atoms with Gasteiger partial charge in [0.1, 0.15) is 5.54 Å². The SMILES string of the molecule is O=C1NC(=O)C(CCC(=O)N2CCN(c3ccc4ncsc4c3)CC2)(C2CC2)N1. The summed E-state index contributed by atoms with van der Waals surface area (Å²) in [5.74, 6) is -0.0714. The van der Waals surface area contributed by atoms with Crippen LogP contribution in [0.15, 0.2) is 23.7 Å². The summed E-state index contributed by atoms with van der Waals surface area (Å²) in [7, 11) is 0. The third-order valence-electron chi connectivity index (χ3n) is 6.29. The number of piperazine rings is 1. The van der Waals surface area contributed by atoms with E-state index >= 15 is 0 Å². The van der Waals surface area contributed by atoms with E-state index in [0.29, 0.717) is 19.5 Å². The van der Waals surface area contributed by atoms with E-state index in [1.54, 1.807) is 11.3 Å². The van der Waals surface area contributed by atoms with Crippen molar-refractivity contribution in [2.24, 2.45) is 5.92 Å². The number of carbonyl (C=O) groups is 3. The molecule has 2 saturated heterocycles. The fraction of sp³-hybridized carbons (Fsp3) is 0.500. The molecular formula is C20H23N5O3S. The molecule has 5 rings (SSSR count). The Morgan fingerprint density at radius 3 is 2.69 bits per heavy atom. The zero-order valence-corrected chi connectivity index (χ0v) is 16.8. The lowest BCUT2D eigenvalue weighted by Crippen LogP contribution is -2.51. The van der Waals surface area contributed by atoms with E-state index in [1.807, 2.05) is 16.5 Å². The molecule has 3 fully saturated rings. The van der Waals surface area contributed by atoms with Crippen LogP contribution < -0.4 is 15.5 Å². The van der Waals surface area contributed by atoms with Crippen molar-refractivity contribution >= 4 is 45.1 Å². The third-order valence-corrected chi connectivity index (χ3v) is 7.08. The second-order valence-corrected chi connectivity index (χ2v) is 8.91. The van der Waals surface area contributed by atoms with E-state index < -0.39 is 11.6 Å². The van der Waals surface area contributed by atoms with Crippen molar-refractivity contribution in [1.29, 1.82) is 0 Å². The third kappa shape index (κ3) is 3.33. The number of nitrogens with zero attached hydrogens (tertiary/aromatic N) is 3. The Morgan fingerprint density at radius 1 is 1.21 bits per heavy atom. The Hall–Kier alpha value is -2.68. The highest BCUT2D eigenvalue weighted by Crippen LogP contribution is 2.43. The highest BCUT2D eigenvalue weighted by molar-refractivity contribution is 7.16. The number of anilines is 1. The van der Waals surface area contributed by atoms with Crippen LogP contribution in [0.5, 0.6) is 0 Å². The lowest BCUT2D eigenvalue weighted by molar-refractivity contribution is -0.132. The van der Waals surface area contributed by atoms with Crippen LogP contribution in [0, 0.1) is 5.92 Å². The van der Waals surface area contributed by atoms with Crippen LogP contribution in [0.3, 0.4) is 0 Å². The summed E-state index contributed by atoms with van der Waals surface area (Å²) in [5, 5.41) is 5.14. The second-order valence-electron chi connectivity index (χ2n) is 8.03. The van der Waals surface area contributed by atoms with Crippen LogP contribution in [0.1, 0.15) is 25.7 Å². The minimum Gasteiger partial charge on any atom is -0.368 e. The molecule has 4 amide bonds. The minimum absolute atomic E-state index is 0.0523. The first kappa shape index (κ1) is 18.4. The number of imide groups is 1. The standard InChI is InChI=1S/C20H23N5O3S/c26-17(5-6-20(13-1-2-13)18(27)22-19(28)23-20)25-9-7-24(8-10-25)14-3-4-15-16(11-14)29-12-21-15/h3-4,11-13H,1-2,5-10H2,(H2,22,23,27,28).